The van der Waals surface area contributed by atoms with Crippen LogP contribution in [0.3, 0.4) is 0 Å². The van der Waals surface area contributed by atoms with E-state index in [1.807, 2.05) is 23.7 Å². The molecule has 1 N–H and O–H groups in total. The Labute approximate surface area is 174 Å². The van der Waals surface area contributed by atoms with Crippen molar-refractivity contribution in [2.24, 2.45) is 0 Å². The van der Waals surface area contributed by atoms with Crippen molar-refractivity contribution in [1.82, 2.24) is 10.3 Å². The van der Waals surface area contributed by atoms with Crippen LogP contribution in [-0.2, 0) is 13.0 Å². The van der Waals surface area contributed by atoms with Crippen molar-refractivity contribution in [2.75, 3.05) is 7.11 Å². The van der Waals surface area contributed by atoms with Gasteiger partial charge in [0.25, 0.3) is 0 Å². The highest BCUT2D eigenvalue weighted by Crippen LogP contribution is 2.35. The Kier molecular flexibility index (Phi) is 6.62. The Bertz CT molecular complexity index is 844. The van der Waals surface area contributed by atoms with Crippen LogP contribution in [0.1, 0.15) is 47.2 Å². The van der Waals surface area contributed by atoms with Gasteiger partial charge in [-0.15, -0.1) is 22.7 Å². The number of para-hydroxylation sites is 1. The molecule has 0 radical (unpaired) electrons. The first kappa shape index (κ1) is 19.4. The van der Waals surface area contributed by atoms with E-state index in [9.17, 15) is 0 Å². The largest absolute Gasteiger partial charge is 0.493 e. The summed E-state index contributed by atoms with van der Waals surface area (Å²) < 4.78 is 12.0. The summed E-state index contributed by atoms with van der Waals surface area (Å²) >= 11 is 3.49. The Morgan fingerprint density at radius 3 is 2.75 bits per heavy atom. The van der Waals surface area contributed by atoms with Gasteiger partial charge in [0.15, 0.2) is 11.5 Å². The van der Waals surface area contributed by atoms with Crippen molar-refractivity contribution in [3.05, 3.63) is 62.7 Å². The molecular weight excluding hydrogens is 388 g/mol. The molecule has 28 heavy (non-hydrogen) atoms. The Hall–Kier alpha value is -1.89. The van der Waals surface area contributed by atoms with Gasteiger partial charge in [-0.2, -0.15) is 0 Å². The van der Waals surface area contributed by atoms with E-state index < -0.39 is 0 Å². The maximum atomic E-state index is 6.38. The molecule has 4 nitrogen and oxygen atoms in total. The molecule has 3 aromatic rings. The van der Waals surface area contributed by atoms with Crippen molar-refractivity contribution in [1.29, 1.82) is 0 Å². The molecule has 4 rings (SSSR count). The molecule has 1 fully saturated rings. The second kappa shape index (κ2) is 9.54. The van der Waals surface area contributed by atoms with Crippen LogP contribution in [0.5, 0.6) is 11.5 Å². The molecular formula is C22H26N2O2S2. The first-order valence-electron chi connectivity index (χ1n) is 9.81. The quantitative estimate of drug-likeness (QED) is 0.494. The zero-order chi connectivity index (χ0) is 19.2. The van der Waals surface area contributed by atoms with Crippen LogP contribution < -0.4 is 14.8 Å². The SMILES string of the molecule is COc1cccc(CN[C@@H](Cc2cccs2)c2nccs2)c1OC1CCCC1. The second-order valence-corrected chi connectivity index (χ2v) is 9.02. The van der Waals surface area contributed by atoms with Crippen LogP contribution in [0.15, 0.2) is 47.3 Å². The number of hydrogen-bond donors (Lipinski definition) is 1. The number of nitrogens with zero attached hydrogens (tertiary/aromatic N) is 1. The van der Waals surface area contributed by atoms with E-state index in [2.05, 4.69) is 33.9 Å². The Morgan fingerprint density at radius 2 is 2.04 bits per heavy atom. The van der Waals surface area contributed by atoms with Gasteiger partial charge in [-0.05, 0) is 43.2 Å². The van der Waals surface area contributed by atoms with Crippen LogP contribution >= 0.6 is 22.7 Å². The molecule has 0 spiro atoms. The highest BCUT2D eigenvalue weighted by molar-refractivity contribution is 7.10. The average molecular weight is 415 g/mol. The molecule has 2 aromatic heterocycles. The van der Waals surface area contributed by atoms with Crippen molar-refractivity contribution >= 4 is 22.7 Å². The van der Waals surface area contributed by atoms with Crippen molar-refractivity contribution in [2.45, 2.75) is 50.8 Å². The van der Waals surface area contributed by atoms with E-state index in [1.165, 1.54) is 17.7 Å². The zero-order valence-electron chi connectivity index (χ0n) is 16.1. The zero-order valence-corrected chi connectivity index (χ0v) is 17.7. The molecule has 0 bridgehead atoms. The smallest absolute Gasteiger partial charge is 0.166 e. The summed E-state index contributed by atoms with van der Waals surface area (Å²) in [5.41, 5.74) is 1.14. The summed E-state index contributed by atoms with van der Waals surface area (Å²) in [6, 6.07) is 10.6. The van der Waals surface area contributed by atoms with Crippen LogP contribution in [0, 0.1) is 0 Å². The third-order valence-electron chi connectivity index (χ3n) is 5.14. The molecule has 1 atom stereocenters. The van der Waals surface area contributed by atoms with Crippen molar-refractivity contribution < 1.29 is 9.47 Å². The number of methoxy groups -OCH3 is 1. The number of hydrogen-bond acceptors (Lipinski definition) is 6. The number of ether oxygens (including phenoxy) is 2. The predicted octanol–water partition coefficient (Wildman–Crippen LogP) is 5.61. The molecule has 0 saturated heterocycles. The van der Waals surface area contributed by atoms with Crippen molar-refractivity contribution in [3.63, 3.8) is 0 Å². The number of thiophene rings is 1. The monoisotopic (exact) mass is 414 g/mol. The standard InChI is InChI=1S/C22H26N2O2S2/c1-25-20-10-4-6-16(21(20)26-17-7-2-3-8-17)15-24-19(22-23-11-13-28-22)14-18-9-5-12-27-18/h4-6,9-13,17,19,24H,2-3,7-8,14-15H2,1H3/t19-/m0/s1. The lowest BCUT2D eigenvalue weighted by molar-refractivity contribution is 0.198. The normalized spacial score (nSPS) is 15.6. The lowest BCUT2D eigenvalue weighted by Crippen LogP contribution is -2.23. The maximum Gasteiger partial charge on any atom is 0.166 e. The number of aromatic nitrogens is 1. The minimum Gasteiger partial charge on any atom is -0.493 e. The highest BCUT2D eigenvalue weighted by atomic mass is 32.1. The lowest BCUT2D eigenvalue weighted by atomic mass is 10.1. The second-order valence-electron chi connectivity index (χ2n) is 7.06. The van der Waals surface area contributed by atoms with Gasteiger partial charge in [-0.3, -0.25) is 0 Å². The topological polar surface area (TPSA) is 43.4 Å². The van der Waals surface area contributed by atoms with Crippen LogP contribution in [0.2, 0.25) is 0 Å². The highest BCUT2D eigenvalue weighted by Gasteiger charge is 2.22. The fourth-order valence-electron chi connectivity index (χ4n) is 3.68. The minimum atomic E-state index is 0.184. The minimum absolute atomic E-state index is 0.184. The molecule has 1 aromatic carbocycles. The Balaban J connectivity index is 1.51. The van der Waals surface area contributed by atoms with E-state index in [-0.39, 0.29) is 6.04 Å². The summed E-state index contributed by atoms with van der Waals surface area (Å²) in [4.78, 5) is 5.92. The molecule has 1 saturated carbocycles. The van der Waals surface area contributed by atoms with E-state index in [0.717, 1.165) is 47.9 Å². The third-order valence-corrected chi connectivity index (χ3v) is 6.93. The molecule has 6 heteroatoms. The van der Waals surface area contributed by atoms with Gasteiger partial charge in [0, 0.05) is 35.0 Å². The van der Waals surface area contributed by atoms with Crippen LogP contribution in [0.25, 0.3) is 0 Å². The first-order valence-corrected chi connectivity index (χ1v) is 11.6. The number of thiazole rings is 1. The van der Waals surface area contributed by atoms with E-state index in [1.54, 1.807) is 29.8 Å². The van der Waals surface area contributed by atoms with Crippen molar-refractivity contribution in [3.8, 4) is 11.5 Å². The van der Waals surface area contributed by atoms with E-state index in [4.69, 9.17) is 9.47 Å². The van der Waals surface area contributed by atoms with Gasteiger partial charge in [-0.25, -0.2) is 4.98 Å². The molecule has 0 amide bonds. The predicted molar refractivity (Wildman–Crippen MR) is 116 cm³/mol. The molecule has 2 heterocycles. The molecule has 1 aliphatic carbocycles. The Morgan fingerprint density at radius 1 is 1.14 bits per heavy atom. The van der Waals surface area contributed by atoms with Gasteiger partial charge < -0.3 is 14.8 Å². The lowest BCUT2D eigenvalue weighted by Gasteiger charge is -2.21. The summed E-state index contributed by atoms with van der Waals surface area (Å²) in [6.07, 6.45) is 7.88. The maximum absolute atomic E-state index is 6.38. The average Bonchev–Trinajstić information content (AvgIpc) is 3.49. The summed E-state index contributed by atoms with van der Waals surface area (Å²) in [7, 11) is 1.71. The molecule has 1 aliphatic rings. The van der Waals surface area contributed by atoms with Crippen LogP contribution in [-0.4, -0.2) is 18.2 Å². The number of benzene rings is 1. The van der Waals surface area contributed by atoms with Crippen LogP contribution in [0.4, 0.5) is 0 Å². The summed E-state index contributed by atoms with van der Waals surface area (Å²) in [6.45, 7) is 0.717. The van der Waals surface area contributed by atoms with Gasteiger partial charge >= 0.3 is 0 Å². The van der Waals surface area contributed by atoms with E-state index >= 15 is 0 Å². The van der Waals surface area contributed by atoms with E-state index in [0.29, 0.717) is 6.10 Å². The fourth-order valence-corrected chi connectivity index (χ4v) is 5.15. The summed E-state index contributed by atoms with van der Waals surface area (Å²) in [5, 5.41) is 9.00. The van der Waals surface area contributed by atoms with Gasteiger partial charge in [-0.1, -0.05) is 18.2 Å². The first-order chi connectivity index (χ1) is 13.8. The number of nitrogens with one attached hydrogen (secondary N) is 1. The fraction of sp³-hybridized carbons (Fsp3) is 0.409. The summed E-state index contributed by atoms with van der Waals surface area (Å²) in [5.74, 6) is 1.70. The third kappa shape index (κ3) is 4.74. The van der Waals surface area contributed by atoms with Gasteiger partial charge in [0.05, 0.1) is 19.3 Å². The van der Waals surface area contributed by atoms with Gasteiger partial charge in [0.2, 0.25) is 0 Å². The molecule has 148 valence electrons. The number of rotatable bonds is 9. The molecule has 0 unspecified atom stereocenters. The molecule has 0 aliphatic heterocycles. The van der Waals surface area contributed by atoms with Gasteiger partial charge in [0.1, 0.15) is 5.01 Å².